The topological polar surface area (TPSA) is 102 Å². The van der Waals surface area contributed by atoms with E-state index in [-0.39, 0.29) is 17.1 Å². The molecule has 0 radical (unpaired) electrons. The molecular formula is C12H13N3O4S. The fourth-order valence-corrected chi connectivity index (χ4v) is 4.72. The number of carboxylic acid groups (broad SMARTS) is 1. The highest BCUT2D eigenvalue weighted by atomic mass is 32.2. The first-order chi connectivity index (χ1) is 9.31. The van der Waals surface area contributed by atoms with Gasteiger partial charge in [0, 0.05) is 0 Å². The number of aromatic nitrogens is 3. The first-order valence-electron chi connectivity index (χ1n) is 6.10. The van der Waals surface area contributed by atoms with Gasteiger partial charge in [-0.15, -0.1) is 5.10 Å². The SMILES string of the molecule is CC1(n2nnc3ccc(C(=O)O)cc32)CCS(=O)(=O)C1. The Kier molecular flexibility index (Phi) is 2.62. The van der Waals surface area contributed by atoms with Crippen LogP contribution in [0.3, 0.4) is 0 Å². The molecule has 106 valence electrons. The summed E-state index contributed by atoms with van der Waals surface area (Å²) in [7, 11) is -3.08. The van der Waals surface area contributed by atoms with Crippen molar-refractivity contribution in [1.82, 2.24) is 15.0 Å². The molecule has 2 heterocycles. The average Bonchev–Trinajstić information content (AvgIpc) is 2.90. The molecule has 0 bridgehead atoms. The molecule has 1 aliphatic rings. The van der Waals surface area contributed by atoms with Gasteiger partial charge in [-0.05, 0) is 31.5 Å². The van der Waals surface area contributed by atoms with Gasteiger partial charge in [-0.3, -0.25) is 0 Å². The van der Waals surface area contributed by atoms with Crippen molar-refractivity contribution in [2.24, 2.45) is 0 Å². The lowest BCUT2D eigenvalue weighted by Crippen LogP contribution is -2.32. The monoisotopic (exact) mass is 295 g/mol. The molecular weight excluding hydrogens is 282 g/mol. The third-order valence-electron chi connectivity index (χ3n) is 3.69. The van der Waals surface area contributed by atoms with Gasteiger partial charge in [-0.1, -0.05) is 5.21 Å². The zero-order valence-corrected chi connectivity index (χ0v) is 11.6. The Hall–Kier alpha value is -1.96. The number of benzene rings is 1. The van der Waals surface area contributed by atoms with E-state index in [0.29, 0.717) is 17.5 Å². The van der Waals surface area contributed by atoms with Gasteiger partial charge in [0.15, 0.2) is 9.84 Å². The Morgan fingerprint density at radius 1 is 1.45 bits per heavy atom. The van der Waals surface area contributed by atoms with E-state index in [1.807, 2.05) is 0 Å². The summed E-state index contributed by atoms with van der Waals surface area (Å²) in [5, 5.41) is 17.0. The summed E-state index contributed by atoms with van der Waals surface area (Å²) in [5.41, 5.74) is 0.556. The molecule has 2 aromatic rings. The summed E-state index contributed by atoms with van der Waals surface area (Å²) in [6.07, 6.45) is 0.449. The van der Waals surface area contributed by atoms with Crippen LogP contribution in [0.25, 0.3) is 11.0 Å². The molecule has 0 amide bonds. The lowest BCUT2D eigenvalue weighted by molar-refractivity contribution is 0.0697. The second-order valence-corrected chi connectivity index (χ2v) is 7.53. The van der Waals surface area contributed by atoms with Crippen LogP contribution in [-0.2, 0) is 15.4 Å². The number of hydrogen-bond donors (Lipinski definition) is 1. The molecule has 0 saturated carbocycles. The van der Waals surface area contributed by atoms with E-state index in [0.717, 1.165) is 0 Å². The van der Waals surface area contributed by atoms with Gasteiger partial charge in [0.05, 0.1) is 28.1 Å². The Balaban J connectivity index is 2.17. The van der Waals surface area contributed by atoms with Gasteiger partial charge in [0.25, 0.3) is 0 Å². The van der Waals surface area contributed by atoms with Crippen LogP contribution >= 0.6 is 0 Å². The average molecular weight is 295 g/mol. The Labute approximate surface area is 115 Å². The van der Waals surface area contributed by atoms with Crippen LogP contribution in [0, 0.1) is 0 Å². The molecule has 0 aliphatic carbocycles. The van der Waals surface area contributed by atoms with Crippen molar-refractivity contribution >= 4 is 26.8 Å². The molecule has 1 N–H and O–H groups in total. The predicted molar refractivity (Wildman–Crippen MR) is 71.4 cm³/mol. The molecule has 1 atom stereocenters. The van der Waals surface area contributed by atoms with Crippen molar-refractivity contribution in [1.29, 1.82) is 0 Å². The summed E-state index contributed by atoms with van der Waals surface area (Å²) < 4.78 is 24.9. The first-order valence-corrected chi connectivity index (χ1v) is 7.93. The normalized spacial score (nSPS) is 25.1. The second kappa shape index (κ2) is 4.02. The minimum Gasteiger partial charge on any atom is -0.478 e. The Morgan fingerprint density at radius 2 is 2.20 bits per heavy atom. The van der Waals surface area contributed by atoms with Crippen LogP contribution in [0.15, 0.2) is 18.2 Å². The van der Waals surface area contributed by atoms with Crippen molar-refractivity contribution in [3.05, 3.63) is 23.8 Å². The number of fused-ring (bicyclic) bond motifs is 1. The summed E-state index contributed by atoms with van der Waals surface area (Å²) in [4.78, 5) is 11.0. The molecule has 1 fully saturated rings. The van der Waals surface area contributed by atoms with Crippen molar-refractivity contribution in [2.45, 2.75) is 18.9 Å². The van der Waals surface area contributed by atoms with Crippen LogP contribution in [0.5, 0.6) is 0 Å². The van der Waals surface area contributed by atoms with Gasteiger partial charge in [-0.2, -0.15) is 0 Å². The highest BCUT2D eigenvalue weighted by Crippen LogP contribution is 2.32. The number of carboxylic acids is 1. The van der Waals surface area contributed by atoms with Crippen molar-refractivity contribution < 1.29 is 18.3 Å². The van der Waals surface area contributed by atoms with E-state index >= 15 is 0 Å². The van der Waals surface area contributed by atoms with E-state index in [9.17, 15) is 13.2 Å². The third kappa shape index (κ3) is 1.96. The van der Waals surface area contributed by atoms with Crippen molar-refractivity contribution in [3.8, 4) is 0 Å². The predicted octanol–water partition coefficient (Wildman–Crippen LogP) is 0.663. The number of hydrogen-bond acceptors (Lipinski definition) is 5. The van der Waals surface area contributed by atoms with Gasteiger partial charge in [0.1, 0.15) is 5.52 Å². The van der Waals surface area contributed by atoms with Gasteiger partial charge in [-0.25, -0.2) is 17.9 Å². The minimum absolute atomic E-state index is 0.00421. The summed E-state index contributed by atoms with van der Waals surface area (Å²) in [6.45, 7) is 1.80. The summed E-state index contributed by atoms with van der Waals surface area (Å²) >= 11 is 0. The van der Waals surface area contributed by atoms with E-state index in [1.54, 1.807) is 17.7 Å². The number of nitrogens with zero attached hydrogens (tertiary/aromatic N) is 3. The number of rotatable bonds is 2. The molecule has 1 aliphatic heterocycles. The molecule has 1 aromatic carbocycles. The molecule has 0 spiro atoms. The van der Waals surface area contributed by atoms with Gasteiger partial charge >= 0.3 is 5.97 Å². The van der Waals surface area contributed by atoms with Crippen LogP contribution in [0.4, 0.5) is 0 Å². The van der Waals surface area contributed by atoms with E-state index in [4.69, 9.17) is 5.11 Å². The lowest BCUT2D eigenvalue weighted by atomic mass is 10.0. The van der Waals surface area contributed by atoms with Crippen LogP contribution in [0.2, 0.25) is 0 Å². The van der Waals surface area contributed by atoms with E-state index < -0.39 is 21.3 Å². The third-order valence-corrected chi connectivity index (χ3v) is 5.57. The first kappa shape index (κ1) is 13.0. The Morgan fingerprint density at radius 3 is 2.80 bits per heavy atom. The summed E-state index contributed by atoms with van der Waals surface area (Å²) in [5.74, 6) is -0.928. The zero-order valence-electron chi connectivity index (χ0n) is 10.8. The quantitative estimate of drug-likeness (QED) is 0.873. The van der Waals surface area contributed by atoms with E-state index in [1.165, 1.54) is 12.1 Å². The molecule has 3 rings (SSSR count). The highest BCUT2D eigenvalue weighted by molar-refractivity contribution is 7.91. The molecule has 20 heavy (non-hydrogen) atoms. The van der Waals surface area contributed by atoms with E-state index in [2.05, 4.69) is 10.3 Å². The largest absolute Gasteiger partial charge is 0.478 e. The lowest BCUT2D eigenvalue weighted by Gasteiger charge is -2.22. The molecule has 1 saturated heterocycles. The number of carbonyl (C=O) groups is 1. The van der Waals surface area contributed by atoms with Crippen LogP contribution < -0.4 is 0 Å². The maximum Gasteiger partial charge on any atom is 0.335 e. The maximum atomic E-state index is 11.7. The number of sulfone groups is 1. The van der Waals surface area contributed by atoms with Gasteiger partial charge < -0.3 is 5.11 Å². The smallest absolute Gasteiger partial charge is 0.335 e. The van der Waals surface area contributed by atoms with Gasteiger partial charge in [0.2, 0.25) is 0 Å². The highest BCUT2D eigenvalue weighted by Gasteiger charge is 2.41. The fourth-order valence-electron chi connectivity index (χ4n) is 2.61. The Bertz CT molecular complexity index is 811. The fraction of sp³-hybridized carbons (Fsp3) is 0.417. The standard InChI is InChI=1S/C12H13N3O4S/c1-12(4-5-20(18,19)7-12)15-10-6-8(11(16)17)2-3-9(10)13-14-15/h2-3,6H,4-5,7H2,1H3,(H,16,17). The van der Waals surface area contributed by atoms with Crippen LogP contribution in [0.1, 0.15) is 23.7 Å². The van der Waals surface area contributed by atoms with Crippen molar-refractivity contribution in [2.75, 3.05) is 11.5 Å². The van der Waals surface area contributed by atoms with Crippen molar-refractivity contribution in [3.63, 3.8) is 0 Å². The second-order valence-electron chi connectivity index (χ2n) is 5.35. The minimum atomic E-state index is -3.08. The molecule has 1 aromatic heterocycles. The summed E-state index contributed by atoms with van der Waals surface area (Å²) in [6, 6.07) is 4.51. The molecule has 1 unspecified atom stereocenters. The number of aromatic carboxylic acids is 1. The van der Waals surface area contributed by atoms with Crippen LogP contribution in [-0.4, -0.2) is 46.0 Å². The molecule has 7 nitrogen and oxygen atoms in total. The molecule has 8 heteroatoms. The zero-order chi connectivity index (χ0) is 14.5. The maximum absolute atomic E-state index is 11.7.